The molecule has 138 valence electrons. The van der Waals surface area contributed by atoms with Crippen LogP contribution in [0.15, 0.2) is 35.2 Å². The topological polar surface area (TPSA) is 50.9 Å². The summed E-state index contributed by atoms with van der Waals surface area (Å²) >= 11 is 1.85. The number of phenolic OH excluding ortho intramolecular Hbond substituents is 1. The van der Waals surface area contributed by atoms with Crippen molar-refractivity contribution < 1.29 is 5.11 Å². The van der Waals surface area contributed by atoms with Crippen LogP contribution in [-0.4, -0.2) is 25.4 Å². The largest absolute Gasteiger partial charge is 0.505 e. The van der Waals surface area contributed by atoms with Crippen molar-refractivity contribution in [3.8, 4) is 11.4 Å². The lowest BCUT2D eigenvalue weighted by Gasteiger charge is -2.22. The van der Waals surface area contributed by atoms with Crippen LogP contribution in [0.4, 0.5) is 0 Å². The summed E-state index contributed by atoms with van der Waals surface area (Å²) in [5, 5.41) is 20.6. The first kappa shape index (κ1) is 18.8. The SMILES string of the molecule is CCC(C)Sc1ccc2nn(-c3cc(C)cc(C(C)(C)C)c3O)nc2c1. The summed E-state index contributed by atoms with van der Waals surface area (Å²) in [6.45, 7) is 12.7. The number of aromatic hydroxyl groups is 1. The summed E-state index contributed by atoms with van der Waals surface area (Å²) in [6.07, 6.45) is 1.13. The molecule has 26 heavy (non-hydrogen) atoms. The minimum atomic E-state index is -0.155. The van der Waals surface area contributed by atoms with Gasteiger partial charge in [-0.05, 0) is 48.6 Å². The number of hydrogen-bond acceptors (Lipinski definition) is 4. The molecule has 3 aromatic rings. The van der Waals surface area contributed by atoms with Crippen molar-refractivity contribution in [3.63, 3.8) is 0 Å². The van der Waals surface area contributed by atoms with Crippen molar-refractivity contribution in [1.29, 1.82) is 0 Å². The van der Waals surface area contributed by atoms with Gasteiger partial charge in [-0.2, -0.15) is 0 Å². The lowest BCUT2D eigenvalue weighted by molar-refractivity contribution is 0.440. The van der Waals surface area contributed by atoms with Crippen LogP contribution in [0.25, 0.3) is 16.7 Å². The molecule has 0 fully saturated rings. The van der Waals surface area contributed by atoms with E-state index in [0.717, 1.165) is 28.6 Å². The molecule has 4 nitrogen and oxygen atoms in total. The summed E-state index contributed by atoms with van der Waals surface area (Å²) in [5.74, 6) is 0.248. The van der Waals surface area contributed by atoms with E-state index in [0.29, 0.717) is 10.9 Å². The fourth-order valence-corrected chi connectivity index (χ4v) is 3.83. The Kier molecular flexibility index (Phi) is 5.02. The van der Waals surface area contributed by atoms with Crippen molar-refractivity contribution in [1.82, 2.24) is 15.0 Å². The van der Waals surface area contributed by atoms with Crippen molar-refractivity contribution in [2.75, 3.05) is 0 Å². The van der Waals surface area contributed by atoms with E-state index in [1.54, 1.807) is 4.80 Å². The van der Waals surface area contributed by atoms with Crippen molar-refractivity contribution in [3.05, 3.63) is 41.5 Å². The predicted molar refractivity (Wildman–Crippen MR) is 110 cm³/mol. The van der Waals surface area contributed by atoms with E-state index in [-0.39, 0.29) is 11.2 Å². The number of thioether (sulfide) groups is 1. The zero-order chi connectivity index (χ0) is 19.1. The Morgan fingerprint density at radius 3 is 2.46 bits per heavy atom. The highest BCUT2D eigenvalue weighted by Gasteiger charge is 2.22. The number of benzene rings is 2. The molecule has 1 N–H and O–H groups in total. The van der Waals surface area contributed by atoms with E-state index in [4.69, 9.17) is 0 Å². The van der Waals surface area contributed by atoms with Crippen LogP contribution in [0.5, 0.6) is 5.75 Å². The molecule has 2 aromatic carbocycles. The number of rotatable bonds is 4. The van der Waals surface area contributed by atoms with E-state index in [2.05, 4.69) is 56.9 Å². The molecule has 0 bridgehead atoms. The second kappa shape index (κ2) is 6.95. The maximum absolute atomic E-state index is 10.8. The number of fused-ring (bicyclic) bond motifs is 1. The van der Waals surface area contributed by atoms with Gasteiger partial charge in [0.05, 0.1) is 0 Å². The first-order valence-electron chi connectivity index (χ1n) is 9.07. The highest BCUT2D eigenvalue weighted by Crippen LogP contribution is 2.36. The van der Waals surface area contributed by atoms with Gasteiger partial charge < -0.3 is 5.11 Å². The fraction of sp³-hybridized carbons (Fsp3) is 0.429. The lowest BCUT2D eigenvalue weighted by Crippen LogP contribution is -2.13. The average molecular weight is 370 g/mol. The van der Waals surface area contributed by atoms with Crippen molar-refractivity contribution >= 4 is 22.8 Å². The smallest absolute Gasteiger partial charge is 0.146 e. The Labute approximate surface area is 159 Å². The second-order valence-electron chi connectivity index (χ2n) is 7.91. The van der Waals surface area contributed by atoms with Gasteiger partial charge in [0.15, 0.2) is 0 Å². The standard InChI is InChI=1S/C21H27N3OS/c1-7-14(3)26-15-8-9-17-18(12-15)23-24(22-17)19-11-13(2)10-16(20(19)25)21(4,5)6/h8-12,14,25H,7H2,1-6H3. The van der Waals surface area contributed by atoms with Gasteiger partial charge >= 0.3 is 0 Å². The first-order chi connectivity index (χ1) is 12.2. The Morgan fingerprint density at radius 1 is 1.12 bits per heavy atom. The third kappa shape index (κ3) is 3.73. The molecule has 0 aliphatic heterocycles. The van der Waals surface area contributed by atoms with Gasteiger partial charge in [-0.15, -0.1) is 26.8 Å². The van der Waals surface area contributed by atoms with Gasteiger partial charge in [0.1, 0.15) is 22.5 Å². The van der Waals surface area contributed by atoms with Crippen LogP contribution in [0.2, 0.25) is 0 Å². The zero-order valence-electron chi connectivity index (χ0n) is 16.4. The lowest BCUT2D eigenvalue weighted by atomic mass is 9.85. The third-order valence-corrected chi connectivity index (χ3v) is 5.78. The van der Waals surface area contributed by atoms with Gasteiger partial charge in [-0.25, -0.2) is 0 Å². The van der Waals surface area contributed by atoms with E-state index in [1.807, 2.05) is 36.9 Å². The maximum Gasteiger partial charge on any atom is 0.146 e. The molecule has 0 aliphatic carbocycles. The molecule has 0 amide bonds. The average Bonchev–Trinajstić information content (AvgIpc) is 2.98. The molecule has 1 aromatic heterocycles. The normalized spacial score (nSPS) is 13.3. The van der Waals surface area contributed by atoms with Crippen LogP contribution in [0, 0.1) is 6.92 Å². The summed E-state index contributed by atoms with van der Waals surface area (Å²) < 4.78 is 0. The van der Waals surface area contributed by atoms with Gasteiger partial charge in [0.2, 0.25) is 0 Å². The van der Waals surface area contributed by atoms with Crippen molar-refractivity contribution in [2.24, 2.45) is 0 Å². The molecule has 0 aliphatic rings. The highest BCUT2D eigenvalue weighted by atomic mass is 32.2. The first-order valence-corrected chi connectivity index (χ1v) is 9.95. The molecule has 1 heterocycles. The molecule has 0 saturated carbocycles. The van der Waals surface area contributed by atoms with Gasteiger partial charge in [0.25, 0.3) is 0 Å². The number of phenols is 1. The Bertz CT molecular complexity index is 940. The summed E-state index contributed by atoms with van der Waals surface area (Å²) in [7, 11) is 0. The summed E-state index contributed by atoms with van der Waals surface area (Å²) in [4.78, 5) is 2.75. The molecular formula is C21H27N3OS. The number of hydrogen-bond donors (Lipinski definition) is 1. The molecule has 1 atom stereocenters. The Hall–Kier alpha value is -2.01. The van der Waals surface area contributed by atoms with Crippen LogP contribution < -0.4 is 0 Å². The predicted octanol–water partition coefficient (Wildman–Crippen LogP) is 5.62. The monoisotopic (exact) mass is 369 g/mol. The molecule has 0 spiro atoms. The highest BCUT2D eigenvalue weighted by molar-refractivity contribution is 7.99. The van der Waals surface area contributed by atoms with E-state index < -0.39 is 0 Å². The van der Waals surface area contributed by atoms with Crippen LogP contribution >= 0.6 is 11.8 Å². The van der Waals surface area contributed by atoms with Crippen LogP contribution in [-0.2, 0) is 5.41 Å². The summed E-state index contributed by atoms with van der Waals surface area (Å²) in [6, 6.07) is 10.1. The van der Waals surface area contributed by atoms with Gasteiger partial charge in [-0.1, -0.05) is 40.7 Å². The third-order valence-electron chi connectivity index (χ3n) is 4.52. The quantitative estimate of drug-likeness (QED) is 0.606. The number of nitrogens with zero attached hydrogens (tertiary/aromatic N) is 3. The van der Waals surface area contributed by atoms with Crippen LogP contribution in [0.1, 0.15) is 52.2 Å². The van der Waals surface area contributed by atoms with Gasteiger partial charge in [0, 0.05) is 15.7 Å². The molecule has 5 heteroatoms. The Balaban J connectivity index is 2.07. The molecule has 1 unspecified atom stereocenters. The van der Waals surface area contributed by atoms with Crippen molar-refractivity contribution in [2.45, 2.75) is 63.5 Å². The minimum absolute atomic E-state index is 0.155. The minimum Gasteiger partial charge on any atom is -0.505 e. The van der Waals surface area contributed by atoms with Gasteiger partial charge in [-0.3, -0.25) is 0 Å². The second-order valence-corrected chi connectivity index (χ2v) is 9.42. The van der Waals surface area contributed by atoms with E-state index >= 15 is 0 Å². The number of aromatic nitrogens is 3. The Morgan fingerprint density at radius 2 is 1.81 bits per heavy atom. The van der Waals surface area contributed by atoms with Crippen LogP contribution in [0.3, 0.4) is 0 Å². The molecular weight excluding hydrogens is 342 g/mol. The van der Waals surface area contributed by atoms with E-state index in [1.165, 1.54) is 4.90 Å². The molecule has 3 rings (SSSR count). The van der Waals surface area contributed by atoms with E-state index in [9.17, 15) is 5.11 Å². The number of aryl methyl sites for hydroxylation is 1. The fourth-order valence-electron chi connectivity index (χ4n) is 2.87. The molecule has 0 radical (unpaired) electrons. The summed E-state index contributed by atoms with van der Waals surface area (Å²) in [5.41, 5.74) is 4.13. The molecule has 0 saturated heterocycles. The maximum atomic E-state index is 10.8. The zero-order valence-corrected chi connectivity index (χ0v) is 17.2.